The fourth-order valence-corrected chi connectivity index (χ4v) is 2.86. The summed E-state index contributed by atoms with van der Waals surface area (Å²) in [6.45, 7) is 4.17. The molecular weight excluding hydrogens is 334 g/mol. The zero-order chi connectivity index (χ0) is 17.4. The fraction of sp³-hybridized carbons (Fsp3) is 0.105. The van der Waals surface area contributed by atoms with Crippen LogP contribution < -0.4 is 5.32 Å². The van der Waals surface area contributed by atoms with E-state index in [4.69, 9.17) is 11.6 Å². The second kappa shape index (κ2) is 6.18. The number of hydrogen-bond acceptors (Lipinski definition) is 4. The van der Waals surface area contributed by atoms with Gasteiger partial charge in [-0.3, -0.25) is 0 Å². The van der Waals surface area contributed by atoms with E-state index in [1.54, 1.807) is 10.9 Å². The third-order valence-electron chi connectivity index (χ3n) is 4.17. The van der Waals surface area contributed by atoms with Crippen molar-refractivity contribution in [3.05, 3.63) is 71.1 Å². The molecule has 2 heterocycles. The number of anilines is 2. The Morgan fingerprint density at radius 2 is 1.76 bits per heavy atom. The van der Waals surface area contributed by atoms with Gasteiger partial charge in [-0.1, -0.05) is 24.3 Å². The maximum Gasteiger partial charge on any atom is 0.226 e. The molecule has 0 amide bonds. The van der Waals surface area contributed by atoms with Crippen molar-refractivity contribution in [3.63, 3.8) is 0 Å². The van der Waals surface area contributed by atoms with Gasteiger partial charge in [0.25, 0.3) is 0 Å². The van der Waals surface area contributed by atoms with Gasteiger partial charge in [0.05, 0.1) is 17.3 Å². The topological polar surface area (TPSA) is 55.6 Å². The minimum atomic E-state index is 0.177. The molecule has 0 atom stereocenters. The SMILES string of the molecule is Cc1ccc(Nc2nc(Cl)nc3c2cnn3-c2ccccc2)cc1C. The van der Waals surface area contributed by atoms with Crippen LogP contribution in [-0.4, -0.2) is 19.7 Å². The molecule has 0 saturated heterocycles. The molecule has 0 spiro atoms. The first-order chi connectivity index (χ1) is 12.1. The maximum absolute atomic E-state index is 6.16. The molecule has 0 fully saturated rings. The lowest BCUT2D eigenvalue weighted by molar-refractivity contribution is 0.895. The van der Waals surface area contributed by atoms with E-state index < -0.39 is 0 Å². The molecule has 0 saturated carbocycles. The van der Waals surface area contributed by atoms with Crippen molar-refractivity contribution in [2.24, 2.45) is 0 Å². The van der Waals surface area contributed by atoms with Gasteiger partial charge in [0, 0.05) is 5.69 Å². The molecule has 6 heteroatoms. The van der Waals surface area contributed by atoms with Crippen molar-refractivity contribution >= 4 is 34.1 Å². The van der Waals surface area contributed by atoms with Crippen LogP contribution in [0.4, 0.5) is 11.5 Å². The molecule has 0 bridgehead atoms. The Balaban J connectivity index is 1.82. The summed E-state index contributed by atoms with van der Waals surface area (Å²) in [7, 11) is 0. The van der Waals surface area contributed by atoms with Crippen molar-refractivity contribution in [2.45, 2.75) is 13.8 Å². The van der Waals surface area contributed by atoms with Gasteiger partial charge >= 0.3 is 0 Å². The molecule has 2 aromatic carbocycles. The van der Waals surface area contributed by atoms with E-state index in [1.807, 2.05) is 36.4 Å². The highest BCUT2D eigenvalue weighted by molar-refractivity contribution is 6.28. The number of nitrogens with one attached hydrogen (secondary N) is 1. The molecule has 0 aliphatic rings. The number of benzene rings is 2. The van der Waals surface area contributed by atoms with E-state index in [1.165, 1.54) is 11.1 Å². The van der Waals surface area contributed by atoms with Crippen molar-refractivity contribution in [3.8, 4) is 5.69 Å². The highest BCUT2D eigenvalue weighted by atomic mass is 35.5. The van der Waals surface area contributed by atoms with Gasteiger partial charge in [0.1, 0.15) is 5.82 Å². The molecule has 2 aromatic heterocycles. The summed E-state index contributed by atoms with van der Waals surface area (Å²) in [5.74, 6) is 0.639. The van der Waals surface area contributed by atoms with Crippen LogP contribution in [0.3, 0.4) is 0 Å². The third-order valence-corrected chi connectivity index (χ3v) is 4.34. The Bertz CT molecular complexity index is 1060. The van der Waals surface area contributed by atoms with Gasteiger partial charge in [-0.15, -0.1) is 0 Å². The monoisotopic (exact) mass is 349 g/mol. The van der Waals surface area contributed by atoms with Gasteiger partial charge < -0.3 is 5.32 Å². The number of fused-ring (bicyclic) bond motifs is 1. The molecule has 0 aliphatic heterocycles. The first-order valence-electron chi connectivity index (χ1n) is 7.93. The Morgan fingerprint density at radius 3 is 2.52 bits per heavy atom. The average molecular weight is 350 g/mol. The molecular formula is C19H16ClN5. The predicted octanol–water partition coefficient (Wildman–Crippen LogP) is 4.83. The van der Waals surface area contributed by atoms with Gasteiger partial charge in [-0.25, -0.2) is 4.68 Å². The quantitative estimate of drug-likeness (QED) is 0.538. The van der Waals surface area contributed by atoms with Crippen molar-refractivity contribution in [1.29, 1.82) is 0 Å². The van der Waals surface area contributed by atoms with Crippen LogP contribution in [0.25, 0.3) is 16.7 Å². The van der Waals surface area contributed by atoms with Crippen LogP contribution in [-0.2, 0) is 0 Å². The Kier molecular flexibility index (Phi) is 3.86. The molecule has 124 valence electrons. The van der Waals surface area contributed by atoms with Crippen LogP contribution in [0.15, 0.2) is 54.7 Å². The van der Waals surface area contributed by atoms with Gasteiger partial charge in [0.15, 0.2) is 5.65 Å². The summed E-state index contributed by atoms with van der Waals surface area (Å²) in [6, 6.07) is 16.0. The number of para-hydroxylation sites is 1. The minimum absolute atomic E-state index is 0.177. The van der Waals surface area contributed by atoms with E-state index >= 15 is 0 Å². The molecule has 0 aliphatic carbocycles. The molecule has 4 aromatic rings. The fourth-order valence-electron chi connectivity index (χ4n) is 2.69. The van der Waals surface area contributed by atoms with Crippen molar-refractivity contribution in [1.82, 2.24) is 19.7 Å². The zero-order valence-electron chi connectivity index (χ0n) is 13.9. The van der Waals surface area contributed by atoms with Crippen LogP contribution in [0.1, 0.15) is 11.1 Å². The Morgan fingerprint density at radius 1 is 0.960 bits per heavy atom. The number of nitrogens with zero attached hydrogens (tertiary/aromatic N) is 4. The zero-order valence-corrected chi connectivity index (χ0v) is 14.6. The molecule has 25 heavy (non-hydrogen) atoms. The van der Waals surface area contributed by atoms with E-state index in [0.717, 1.165) is 16.8 Å². The first-order valence-corrected chi connectivity index (χ1v) is 8.30. The van der Waals surface area contributed by atoms with E-state index in [9.17, 15) is 0 Å². The number of halogens is 1. The summed E-state index contributed by atoms with van der Waals surface area (Å²) in [5.41, 5.74) is 4.99. The van der Waals surface area contributed by atoms with E-state index in [-0.39, 0.29) is 5.28 Å². The molecule has 5 nitrogen and oxygen atoms in total. The molecule has 0 unspecified atom stereocenters. The second-order valence-corrected chi connectivity index (χ2v) is 6.23. The highest BCUT2D eigenvalue weighted by Gasteiger charge is 2.13. The maximum atomic E-state index is 6.16. The van der Waals surface area contributed by atoms with Crippen LogP contribution in [0, 0.1) is 13.8 Å². The Hall–Kier alpha value is -2.92. The van der Waals surface area contributed by atoms with E-state index in [0.29, 0.717) is 11.5 Å². The largest absolute Gasteiger partial charge is 0.339 e. The average Bonchev–Trinajstić information content (AvgIpc) is 3.03. The number of rotatable bonds is 3. The molecule has 0 radical (unpaired) electrons. The van der Waals surface area contributed by atoms with Crippen LogP contribution in [0.5, 0.6) is 0 Å². The summed E-state index contributed by atoms with van der Waals surface area (Å²) in [4.78, 5) is 8.71. The summed E-state index contributed by atoms with van der Waals surface area (Å²) in [5, 5.41) is 8.78. The van der Waals surface area contributed by atoms with Crippen molar-refractivity contribution < 1.29 is 0 Å². The lowest BCUT2D eigenvalue weighted by Gasteiger charge is -2.09. The third kappa shape index (κ3) is 2.94. The normalized spacial score (nSPS) is 11.0. The summed E-state index contributed by atoms with van der Waals surface area (Å²) >= 11 is 6.16. The van der Waals surface area contributed by atoms with Crippen LogP contribution in [0.2, 0.25) is 5.28 Å². The lowest BCUT2D eigenvalue weighted by atomic mass is 10.1. The summed E-state index contributed by atoms with van der Waals surface area (Å²) in [6.07, 6.45) is 1.75. The number of hydrogen-bond donors (Lipinski definition) is 1. The Labute approximate surface area is 150 Å². The number of aryl methyl sites for hydroxylation is 2. The highest BCUT2D eigenvalue weighted by Crippen LogP contribution is 2.27. The van der Waals surface area contributed by atoms with Gasteiger partial charge in [-0.05, 0) is 60.8 Å². The smallest absolute Gasteiger partial charge is 0.226 e. The summed E-state index contributed by atoms with van der Waals surface area (Å²) < 4.78 is 1.76. The van der Waals surface area contributed by atoms with Gasteiger partial charge in [0.2, 0.25) is 5.28 Å². The molecule has 4 rings (SSSR count). The predicted molar refractivity (Wildman–Crippen MR) is 101 cm³/mol. The first kappa shape index (κ1) is 15.6. The minimum Gasteiger partial charge on any atom is -0.339 e. The van der Waals surface area contributed by atoms with Crippen molar-refractivity contribution in [2.75, 3.05) is 5.32 Å². The second-order valence-electron chi connectivity index (χ2n) is 5.89. The van der Waals surface area contributed by atoms with Gasteiger partial charge in [-0.2, -0.15) is 15.1 Å². The number of aromatic nitrogens is 4. The molecule has 1 N–H and O–H groups in total. The van der Waals surface area contributed by atoms with Crippen LogP contribution >= 0.6 is 11.6 Å². The van der Waals surface area contributed by atoms with E-state index in [2.05, 4.69) is 46.4 Å². The standard InChI is InChI=1S/C19H16ClN5/c1-12-8-9-14(10-13(12)2)22-17-16-11-21-25(15-6-4-3-5-7-15)18(16)24-19(20)23-17/h3-11H,1-2H3,(H,22,23,24). The lowest BCUT2D eigenvalue weighted by Crippen LogP contribution is -2.00.